The highest BCUT2D eigenvalue weighted by atomic mass is 35.5. The van der Waals surface area contributed by atoms with Gasteiger partial charge in [0.25, 0.3) is 5.91 Å². The van der Waals surface area contributed by atoms with Crippen LogP contribution in [0.5, 0.6) is 0 Å². The van der Waals surface area contributed by atoms with Gasteiger partial charge in [-0.3, -0.25) is 15.4 Å². The Labute approximate surface area is 179 Å². The molecule has 2 aromatic rings. The van der Waals surface area contributed by atoms with Crippen LogP contribution in [0.25, 0.3) is 0 Å². The fourth-order valence-corrected chi connectivity index (χ4v) is 3.84. The summed E-state index contributed by atoms with van der Waals surface area (Å²) in [5.41, 5.74) is 6.45. The molecule has 2 aromatic carbocycles. The van der Waals surface area contributed by atoms with E-state index in [0.29, 0.717) is 5.57 Å². The first-order valence-corrected chi connectivity index (χ1v) is 9.93. The number of ether oxygens (including phenoxy) is 3. The molecular formula is C22H21ClN2O5. The van der Waals surface area contributed by atoms with Gasteiger partial charge in [0.15, 0.2) is 12.3 Å². The predicted octanol–water partition coefficient (Wildman–Crippen LogP) is 2.31. The summed E-state index contributed by atoms with van der Waals surface area (Å²) in [6.07, 6.45) is -1.58. The quantitative estimate of drug-likeness (QED) is 0.328. The number of methoxy groups -OCH3 is 1. The standard InChI is InChI=1S/C22H21ClN2O5/c1-28-22(24)20(27)25-17(16(12-23)13-29-21(22)25)19(26)30-18(14-8-4-2-5-9-14)15-10-6-3-7-11-15/h2-11,18,21H,12-13,24H2,1H3/t21-,22+/m1/s1. The van der Waals surface area contributed by atoms with Gasteiger partial charge in [-0.1, -0.05) is 60.7 Å². The summed E-state index contributed by atoms with van der Waals surface area (Å²) in [5.74, 6) is -1.25. The smallest absolute Gasteiger partial charge is 0.356 e. The minimum absolute atomic E-state index is 0.00677. The third-order valence-electron chi connectivity index (χ3n) is 5.27. The summed E-state index contributed by atoms with van der Waals surface area (Å²) < 4.78 is 16.7. The van der Waals surface area contributed by atoms with Gasteiger partial charge in [-0.15, -0.1) is 11.6 Å². The predicted molar refractivity (Wildman–Crippen MR) is 109 cm³/mol. The molecule has 0 spiro atoms. The maximum atomic E-state index is 13.3. The van der Waals surface area contributed by atoms with Gasteiger partial charge in [-0.25, -0.2) is 4.79 Å². The van der Waals surface area contributed by atoms with E-state index in [4.69, 9.17) is 31.5 Å². The van der Waals surface area contributed by atoms with Crippen LogP contribution >= 0.6 is 11.6 Å². The van der Waals surface area contributed by atoms with Crippen molar-refractivity contribution in [2.75, 3.05) is 19.6 Å². The number of amides is 1. The Bertz CT molecular complexity index is 942. The van der Waals surface area contributed by atoms with Crippen LogP contribution in [0, 0.1) is 0 Å². The molecule has 2 aliphatic rings. The van der Waals surface area contributed by atoms with E-state index < -0.39 is 29.9 Å². The van der Waals surface area contributed by atoms with Crippen molar-refractivity contribution in [2.24, 2.45) is 5.73 Å². The number of carbonyl (C=O) groups excluding carboxylic acids is 2. The average Bonchev–Trinajstić information content (AvgIpc) is 2.81. The zero-order valence-electron chi connectivity index (χ0n) is 16.3. The second kappa shape index (κ2) is 8.20. The largest absolute Gasteiger partial charge is 0.448 e. The van der Waals surface area contributed by atoms with Crippen molar-refractivity contribution in [3.8, 4) is 0 Å². The van der Waals surface area contributed by atoms with E-state index in [9.17, 15) is 9.59 Å². The van der Waals surface area contributed by atoms with Gasteiger partial charge in [-0.05, 0) is 11.1 Å². The molecule has 8 heteroatoms. The fourth-order valence-electron chi connectivity index (χ4n) is 3.64. The van der Waals surface area contributed by atoms with Crippen molar-refractivity contribution in [2.45, 2.75) is 18.1 Å². The number of fused-ring (bicyclic) bond motifs is 1. The Balaban J connectivity index is 1.68. The number of benzene rings is 2. The van der Waals surface area contributed by atoms with E-state index in [1.54, 1.807) is 0 Å². The Morgan fingerprint density at radius 1 is 1.20 bits per heavy atom. The van der Waals surface area contributed by atoms with Crippen molar-refractivity contribution >= 4 is 23.5 Å². The van der Waals surface area contributed by atoms with Gasteiger partial charge < -0.3 is 14.2 Å². The molecule has 0 saturated carbocycles. The highest BCUT2D eigenvalue weighted by Crippen LogP contribution is 2.40. The minimum atomic E-state index is -1.64. The Morgan fingerprint density at radius 3 is 2.27 bits per heavy atom. The van der Waals surface area contributed by atoms with Gasteiger partial charge in [0.1, 0.15) is 5.70 Å². The first-order chi connectivity index (χ1) is 14.5. The summed E-state index contributed by atoms with van der Waals surface area (Å²) in [6.45, 7) is 0.0476. The number of alkyl halides is 1. The van der Waals surface area contributed by atoms with Crippen LogP contribution in [-0.2, 0) is 23.8 Å². The number of carbonyl (C=O) groups is 2. The molecule has 0 unspecified atom stereocenters. The van der Waals surface area contributed by atoms with Crippen molar-refractivity contribution in [3.05, 3.63) is 83.1 Å². The number of esters is 1. The fraction of sp³-hybridized carbons (Fsp3) is 0.273. The maximum absolute atomic E-state index is 13.3. The van der Waals surface area contributed by atoms with E-state index in [2.05, 4.69) is 0 Å². The molecule has 0 bridgehead atoms. The molecule has 7 nitrogen and oxygen atoms in total. The molecule has 2 atom stereocenters. The highest BCUT2D eigenvalue weighted by molar-refractivity contribution is 6.20. The number of halogens is 1. The third-order valence-corrected chi connectivity index (χ3v) is 5.59. The highest BCUT2D eigenvalue weighted by Gasteiger charge is 2.64. The van der Waals surface area contributed by atoms with Crippen LogP contribution in [-0.4, -0.2) is 48.3 Å². The summed E-state index contributed by atoms with van der Waals surface area (Å²) in [6, 6.07) is 18.7. The average molecular weight is 429 g/mol. The summed E-state index contributed by atoms with van der Waals surface area (Å²) in [7, 11) is 1.32. The lowest BCUT2D eigenvalue weighted by atomic mass is 9.95. The lowest BCUT2D eigenvalue weighted by Gasteiger charge is -2.54. The first kappa shape index (κ1) is 20.6. The number of hydrogen-bond acceptors (Lipinski definition) is 6. The maximum Gasteiger partial charge on any atom is 0.356 e. The molecule has 2 aliphatic heterocycles. The normalized spacial score (nSPS) is 23.3. The molecule has 0 radical (unpaired) electrons. The molecule has 0 aromatic heterocycles. The number of β-lactam (4-membered cyclic amide) rings is 1. The first-order valence-electron chi connectivity index (χ1n) is 9.39. The summed E-state index contributed by atoms with van der Waals surface area (Å²) >= 11 is 6.03. The third kappa shape index (κ3) is 3.30. The van der Waals surface area contributed by atoms with Crippen LogP contribution in [0.15, 0.2) is 71.9 Å². The van der Waals surface area contributed by atoms with Gasteiger partial charge >= 0.3 is 5.97 Å². The van der Waals surface area contributed by atoms with Gasteiger partial charge in [-0.2, -0.15) is 0 Å². The zero-order chi connectivity index (χ0) is 21.3. The molecule has 2 N–H and O–H groups in total. The molecule has 2 heterocycles. The Kier molecular flexibility index (Phi) is 5.62. The number of nitrogens with two attached hydrogens (primary N) is 1. The Morgan fingerprint density at radius 2 is 1.77 bits per heavy atom. The van der Waals surface area contributed by atoms with Crippen LogP contribution < -0.4 is 5.73 Å². The SMILES string of the molecule is CO[C@@]1(N)C(=O)N2C(C(=O)OC(c3ccccc3)c3ccccc3)=C(CCl)CO[C@@H]21. The summed E-state index contributed by atoms with van der Waals surface area (Å²) in [5, 5.41) is 0. The van der Waals surface area contributed by atoms with Crippen LogP contribution in [0.3, 0.4) is 0 Å². The molecule has 1 fully saturated rings. The molecule has 0 aliphatic carbocycles. The van der Waals surface area contributed by atoms with Crippen molar-refractivity contribution in [1.82, 2.24) is 4.90 Å². The molecule has 1 saturated heterocycles. The van der Waals surface area contributed by atoms with Crippen LogP contribution in [0.1, 0.15) is 17.2 Å². The topological polar surface area (TPSA) is 91.1 Å². The Hall–Kier alpha value is -2.71. The second-order valence-electron chi connectivity index (χ2n) is 7.03. The van der Waals surface area contributed by atoms with Crippen LogP contribution in [0.2, 0.25) is 0 Å². The molecule has 4 rings (SSSR count). The van der Waals surface area contributed by atoms with Crippen molar-refractivity contribution < 1.29 is 23.8 Å². The van der Waals surface area contributed by atoms with Gasteiger partial charge in [0.2, 0.25) is 5.72 Å². The zero-order valence-corrected chi connectivity index (χ0v) is 17.0. The van der Waals surface area contributed by atoms with Crippen molar-refractivity contribution in [3.63, 3.8) is 0 Å². The van der Waals surface area contributed by atoms with Gasteiger partial charge in [0.05, 0.1) is 6.61 Å². The lowest BCUT2D eigenvalue weighted by molar-refractivity contribution is -0.248. The lowest BCUT2D eigenvalue weighted by Crippen LogP contribution is -2.80. The number of nitrogens with zero attached hydrogens (tertiary/aromatic N) is 1. The van der Waals surface area contributed by atoms with Crippen LogP contribution in [0.4, 0.5) is 0 Å². The monoisotopic (exact) mass is 428 g/mol. The van der Waals surface area contributed by atoms with E-state index >= 15 is 0 Å². The molecular weight excluding hydrogens is 408 g/mol. The minimum Gasteiger partial charge on any atom is -0.448 e. The number of rotatable bonds is 6. The van der Waals surface area contributed by atoms with E-state index in [1.807, 2.05) is 60.7 Å². The number of hydrogen-bond donors (Lipinski definition) is 1. The molecule has 156 valence electrons. The van der Waals surface area contributed by atoms with Gasteiger partial charge in [0, 0.05) is 18.6 Å². The van der Waals surface area contributed by atoms with E-state index in [0.717, 1.165) is 11.1 Å². The van der Waals surface area contributed by atoms with E-state index in [-0.39, 0.29) is 18.2 Å². The van der Waals surface area contributed by atoms with E-state index in [1.165, 1.54) is 12.0 Å². The molecule has 1 amide bonds. The van der Waals surface area contributed by atoms with Crippen molar-refractivity contribution in [1.29, 1.82) is 0 Å². The second-order valence-corrected chi connectivity index (χ2v) is 7.30. The summed E-state index contributed by atoms with van der Waals surface area (Å²) in [4.78, 5) is 27.1. The molecule has 30 heavy (non-hydrogen) atoms.